The Balaban J connectivity index is 1.73. The minimum atomic E-state index is 0.681. The van der Waals surface area contributed by atoms with Gasteiger partial charge < -0.3 is 4.42 Å². The first-order valence-electron chi connectivity index (χ1n) is 11.1. The van der Waals surface area contributed by atoms with E-state index >= 15 is 0 Å². The molecule has 0 N–H and O–H groups in total. The van der Waals surface area contributed by atoms with Crippen molar-refractivity contribution >= 4 is 22.1 Å². The lowest BCUT2D eigenvalue weighted by Crippen LogP contribution is -2.30. The number of oxazole rings is 1. The van der Waals surface area contributed by atoms with Crippen molar-refractivity contribution in [3.8, 4) is 28.2 Å². The molecule has 160 valence electrons. The second-order valence-electron chi connectivity index (χ2n) is 8.46. The summed E-state index contributed by atoms with van der Waals surface area (Å²) < 4.78 is 10.6. The molecule has 4 aromatic carbocycles. The lowest BCUT2D eigenvalue weighted by molar-refractivity contribution is -0.633. The van der Waals surface area contributed by atoms with Crippen LogP contribution in [0.4, 0.5) is 0 Å². The van der Waals surface area contributed by atoms with Gasteiger partial charge in [-0.05, 0) is 48.4 Å². The van der Waals surface area contributed by atoms with Gasteiger partial charge in [-0.1, -0.05) is 60.7 Å². The third-order valence-corrected chi connectivity index (χ3v) is 6.33. The van der Waals surface area contributed by atoms with Crippen molar-refractivity contribution in [2.45, 2.75) is 13.8 Å². The van der Waals surface area contributed by atoms with Gasteiger partial charge in [-0.2, -0.15) is 4.57 Å². The third kappa shape index (κ3) is 3.06. The monoisotopic (exact) mass is 430 g/mol. The minimum absolute atomic E-state index is 0.681. The second kappa shape index (κ2) is 7.45. The zero-order valence-electron chi connectivity index (χ0n) is 18.9. The molecule has 0 fully saturated rings. The average Bonchev–Trinajstić information content (AvgIpc) is 3.35. The minimum Gasteiger partial charge on any atom is -0.441 e. The summed E-state index contributed by atoms with van der Waals surface area (Å²) in [5.41, 5.74) is 9.84. The highest BCUT2D eigenvalue weighted by Crippen LogP contribution is 2.35. The molecule has 4 nitrogen and oxygen atoms in total. The molecule has 0 saturated carbocycles. The van der Waals surface area contributed by atoms with Crippen LogP contribution in [0.3, 0.4) is 0 Å². The van der Waals surface area contributed by atoms with Crippen LogP contribution in [-0.4, -0.2) is 9.55 Å². The van der Waals surface area contributed by atoms with E-state index < -0.39 is 0 Å². The van der Waals surface area contributed by atoms with E-state index in [2.05, 4.69) is 119 Å². The Morgan fingerprint density at radius 2 is 1.52 bits per heavy atom. The van der Waals surface area contributed by atoms with Gasteiger partial charge in [0.25, 0.3) is 5.82 Å². The van der Waals surface area contributed by atoms with Crippen molar-refractivity contribution in [3.05, 3.63) is 102 Å². The van der Waals surface area contributed by atoms with Gasteiger partial charge in [-0.15, -0.1) is 0 Å². The van der Waals surface area contributed by atoms with Gasteiger partial charge in [0.15, 0.2) is 22.5 Å². The molecular formula is C29H24N3O+. The number of nitrogens with zero attached hydrogens (tertiary/aromatic N) is 3. The van der Waals surface area contributed by atoms with E-state index in [-0.39, 0.29) is 0 Å². The molecule has 33 heavy (non-hydrogen) atoms. The summed E-state index contributed by atoms with van der Waals surface area (Å²) in [5.74, 6) is 1.79. The molecule has 0 bridgehead atoms. The summed E-state index contributed by atoms with van der Waals surface area (Å²) in [6, 6.07) is 32.0. The molecule has 6 aromatic rings. The van der Waals surface area contributed by atoms with Crippen LogP contribution < -0.4 is 4.57 Å². The number of rotatable bonds is 3. The molecule has 4 heteroatoms. The lowest BCUT2D eigenvalue weighted by atomic mass is 10.0. The SMILES string of the molecule is Cc1nc2cc(C)c(-c3n(-c4ccccc4-c4ccccc4)c4ccccc4[n+]3C)cc2o1. The summed E-state index contributed by atoms with van der Waals surface area (Å²) >= 11 is 0. The number of benzene rings is 4. The summed E-state index contributed by atoms with van der Waals surface area (Å²) in [6.07, 6.45) is 0. The standard InChI is InChI=1S/C29H24N3O/c1-19-17-24-28(33-20(2)30-24)18-23(19)29-31(3)26-15-9-10-16-27(26)32(29)25-14-8-7-13-22(25)21-11-5-4-6-12-21/h4-18H,1-3H3/q+1. The number of hydrogen-bond donors (Lipinski definition) is 0. The maximum Gasteiger partial charge on any atom is 0.295 e. The topological polar surface area (TPSA) is 34.8 Å². The van der Waals surface area contributed by atoms with Crippen LogP contribution in [0.2, 0.25) is 0 Å². The van der Waals surface area contributed by atoms with Gasteiger partial charge >= 0.3 is 0 Å². The molecule has 0 unspecified atom stereocenters. The number of aryl methyl sites for hydroxylation is 3. The molecule has 0 aliphatic rings. The molecule has 0 spiro atoms. The van der Waals surface area contributed by atoms with Gasteiger partial charge in [0.2, 0.25) is 0 Å². The Kier molecular flexibility index (Phi) is 4.40. The van der Waals surface area contributed by atoms with E-state index in [0.717, 1.165) is 39.3 Å². The first-order valence-corrected chi connectivity index (χ1v) is 11.1. The van der Waals surface area contributed by atoms with Crippen LogP contribution in [0.1, 0.15) is 11.5 Å². The van der Waals surface area contributed by atoms with Crippen LogP contribution in [-0.2, 0) is 7.05 Å². The molecule has 0 aliphatic heterocycles. The number of fused-ring (bicyclic) bond motifs is 2. The van der Waals surface area contributed by atoms with E-state index in [1.165, 1.54) is 16.6 Å². The molecule has 0 amide bonds. The average molecular weight is 431 g/mol. The summed E-state index contributed by atoms with van der Waals surface area (Å²) in [4.78, 5) is 4.53. The van der Waals surface area contributed by atoms with Crippen molar-refractivity contribution in [3.63, 3.8) is 0 Å². The molecule has 0 saturated heterocycles. The van der Waals surface area contributed by atoms with Gasteiger partial charge in [-0.25, -0.2) is 9.55 Å². The van der Waals surface area contributed by atoms with Crippen LogP contribution in [0.25, 0.3) is 50.3 Å². The fourth-order valence-corrected chi connectivity index (χ4v) is 4.82. The Morgan fingerprint density at radius 3 is 2.36 bits per heavy atom. The van der Waals surface area contributed by atoms with Gasteiger partial charge in [0.1, 0.15) is 11.2 Å². The number of para-hydroxylation sites is 3. The van der Waals surface area contributed by atoms with E-state index in [1.54, 1.807) is 0 Å². The Hall–Kier alpha value is -4.18. The fraction of sp³-hybridized carbons (Fsp3) is 0.103. The predicted molar refractivity (Wildman–Crippen MR) is 132 cm³/mol. The predicted octanol–water partition coefficient (Wildman–Crippen LogP) is 6.55. The van der Waals surface area contributed by atoms with Crippen molar-refractivity contribution in [2.75, 3.05) is 0 Å². The highest BCUT2D eigenvalue weighted by Gasteiger charge is 2.29. The zero-order valence-corrected chi connectivity index (χ0v) is 18.9. The van der Waals surface area contributed by atoms with E-state index in [9.17, 15) is 0 Å². The summed E-state index contributed by atoms with van der Waals surface area (Å²) in [6.45, 7) is 4.03. The number of hydrogen-bond acceptors (Lipinski definition) is 2. The highest BCUT2D eigenvalue weighted by molar-refractivity contribution is 5.86. The molecule has 6 rings (SSSR count). The van der Waals surface area contributed by atoms with E-state index in [4.69, 9.17) is 4.42 Å². The Labute approximate surface area is 192 Å². The van der Waals surface area contributed by atoms with Gasteiger partial charge in [-0.3, -0.25) is 0 Å². The Bertz CT molecular complexity index is 1640. The molecule has 2 heterocycles. The van der Waals surface area contributed by atoms with E-state index in [0.29, 0.717) is 5.89 Å². The Morgan fingerprint density at radius 1 is 0.788 bits per heavy atom. The number of imidazole rings is 1. The first kappa shape index (κ1) is 19.5. The highest BCUT2D eigenvalue weighted by atomic mass is 16.3. The maximum absolute atomic E-state index is 5.91. The van der Waals surface area contributed by atoms with Gasteiger partial charge in [0.05, 0.1) is 12.6 Å². The number of aromatic nitrogens is 3. The van der Waals surface area contributed by atoms with Gasteiger partial charge in [0, 0.05) is 12.5 Å². The van der Waals surface area contributed by atoms with Crippen LogP contribution in [0.5, 0.6) is 0 Å². The first-order chi connectivity index (χ1) is 16.1. The smallest absolute Gasteiger partial charge is 0.295 e. The molecule has 2 aromatic heterocycles. The van der Waals surface area contributed by atoms with Crippen LogP contribution >= 0.6 is 0 Å². The molecule has 0 radical (unpaired) electrons. The van der Waals surface area contributed by atoms with Crippen molar-refractivity contribution < 1.29 is 8.98 Å². The third-order valence-electron chi connectivity index (χ3n) is 6.33. The molecule has 0 aliphatic carbocycles. The van der Waals surface area contributed by atoms with Crippen molar-refractivity contribution in [1.29, 1.82) is 0 Å². The van der Waals surface area contributed by atoms with Crippen molar-refractivity contribution in [2.24, 2.45) is 7.05 Å². The quantitative estimate of drug-likeness (QED) is 0.299. The summed E-state index contributed by atoms with van der Waals surface area (Å²) in [7, 11) is 2.13. The van der Waals surface area contributed by atoms with E-state index in [1.807, 2.05) is 6.92 Å². The summed E-state index contributed by atoms with van der Waals surface area (Å²) in [5, 5.41) is 0. The largest absolute Gasteiger partial charge is 0.441 e. The van der Waals surface area contributed by atoms with Crippen LogP contribution in [0.15, 0.2) is 95.4 Å². The maximum atomic E-state index is 5.91. The molecule has 0 atom stereocenters. The second-order valence-corrected chi connectivity index (χ2v) is 8.46. The van der Waals surface area contributed by atoms with Crippen molar-refractivity contribution in [1.82, 2.24) is 9.55 Å². The normalized spacial score (nSPS) is 11.5. The fourth-order valence-electron chi connectivity index (χ4n) is 4.82. The van der Waals surface area contributed by atoms with Crippen LogP contribution in [0, 0.1) is 13.8 Å². The molecular weight excluding hydrogens is 406 g/mol. The lowest BCUT2D eigenvalue weighted by Gasteiger charge is -2.11. The zero-order chi connectivity index (χ0) is 22.5.